The highest BCUT2D eigenvalue weighted by molar-refractivity contribution is 7.17. The number of nitrogens with two attached hydrogens (primary N) is 1. The fourth-order valence-electron chi connectivity index (χ4n) is 1.58. The van der Waals surface area contributed by atoms with E-state index in [-0.39, 0.29) is 11.6 Å². The Morgan fingerprint density at radius 3 is 2.78 bits per heavy atom. The van der Waals surface area contributed by atoms with Gasteiger partial charge < -0.3 is 16.4 Å². The van der Waals surface area contributed by atoms with Crippen molar-refractivity contribution < 1.29 is 4.79 Å². The first-order chi connectivity index (χ1) is 8.65. The molecule has 1 amide bonds. The molecule has 0 aliphatic heterocycles. The van der Waals surface area contributed by atoms with Gasteiger partial charge in [-0.1, -0.05) is 19.8 Å². The number of rotatable bonds is 6. The van der Waals surface area contributed by atoms with Gasteiger partial charge >= 0.3 is 0 Å². The van der Waals surface area contributed by atoms with Crippen LogP contribution < -0.4 is 16.4 Å². The minimum atomic E-state index is -0.261. The molecule has 98 valence electrons. The van der Waals surface area contributed by atoms with Gasteiger partial charge in [0.2, 0.25) is 0 Å². The van der Waals surface area contributed by atoms with Gasteiger partial charge in [0.15, 0.2) is 0 Å². The molecule has 1 rings (SSSR count). The van der Waals surface area contributed by atoms with Crippen LogP contribution in [0, 0.1) is 11.3 Å². The maximum Gasteiger partial charge on any atom is 0.256 e. The first kappa shape index (κ1) is 14.3. The van der Waals surface area contributed by atoms with Gasteiger partial charge in [0.05, 0.1) is 11.3 Å². The van der Waals surface area contributed by atoms with E-state index in [0.29, 0.717) is 15.4 Å². The minimum absolute atomic E-state index is 0.261. The van der Waals surface area contributed by atoms with Crippen LogP contribution in [0.15, 0.2) is 0 Å². The number of anilines is 2. The van der Waals surface area contributed by atoms with Crippen LogP contribution >= 0.6 is 11.3 Å². The van der Waals surface area contributed by atoms with Crippen LogP contribution in [0.25, 0.3) is 0 Å². The molecule has 0 bridgehead atoms. The Morgan fingerprint density at radius 1 is 1.50 bits per heavy atom. The Hall–Kier alpha value is -1.74. The molecule has 0 atom stereocenters. The molecule has 0 aromatic carbocycles. The highest BCUT2D eigenvalue weighted by Gasteiger charge is 2.20. The number of nitrogens with zero attached hydrogens (tertiary/aromatic N) is 1. The number of nitriles is 1. The Kier molecular flexibility index (Phi) is 5.46. The number of unbranched alkanes of at least 4 members (excludes halogenated alkanes) is 2. The van der Waals surface area contributed by atoms with Gasteiger partial charge in [-0.05, 0) is 6.42 Å². The molecule has 1 aromatic heterocycles. The normalized spacial score (nSPS) is 9.83. The zero-order valence-electron chi connectivity index (χ0n) is 10.7. The third kappa shape index (κ3) is 3.14. The van der Waals surface area contributed by atoms with Crippen molar-refractivity contribution >= 4 is 27.9 Å². The van der Waals surface area contributed by atoms with Crippen molar-refractivity contribution in [3.63, 3.8) is 0 Å². The largest absolute Gasteiger partial charge is 0.396 e. The smallest absolute Gasteiger partial charge is 0.256 e. The van der Waals surface area contributed by atoms with Crippen LogP contribution in [0.4, 0.5) is 10.7 Å². The SMILES string of the molecule is CCCCCNc1sc(C#N)c(N)c1C(=O)NC. The van der Waals surface area contributed by atoms with E-state index in [1.54, 1.807) is 7.05 Å². The topological polar surface area (TPSA) is 90.9 Å². The van der Waals surface area contributed by atoms with E-state index in [4.69, 9.17) is 11.0 Å². The Morgan fingerprint density at radius 2 is 2.22 bits per heavy atom. The van der Waals surface area contributed by atoms with Crippen LogP contribution in [0.5, 0.6) is 0 Å². The average Bonchev–Trinajstić information content (AvgIpc) is 2.70. The Balaban J connectivity index is 2.89. The monoisotopic (exact) mass is 266 g/mol. The highest BCUT2D eigenvalue weighted by atomic mass is 32.1. The van der Waals surface area contributed by atoms with E-state index in [1.807, 2.05) is 6.07 Å². The molecule has 0 aliphatic carbocycles. The van der Waals surface area contributed by atoms with Crippen LogP contribution in [0.2, 0.25) is 0 Å². The lowest BCUT2D eigenvalue weighted by atomic mass is 10.2. The zero-order valence-corrected chi connectivity index (χ0v) is 11.5. The molecule has 0 aliphatic rings. The zero-order chi connectivity index (χ0) is 13.5. The molecule has 0 unspecified atom stereocenters. The van der Waals surface area contributed by atoms with Crippen molar-refractivity contribution in [3.05, 3.63) is 10.4 Å². The van der Waals surface area contributed by atoms with Crippen molar-refractivity contribution in [2.45, 2.75) is 26.2 Å². The van der Waals surface area contributed by atoms with Gasteiger partial charge in [0.25, 0.3) is 5.91 Å². The summed E-state index contributed by atoms with van der Waals surface area (Å²) >= 11 is 1.23. The molecule has 0 fully saturated rings. The summed E-state index contributed by atoms with van der Waals surface area (Å²) in [6, 6.07) is 2.01. The molecule has 0 radical (unpaired) electrons. The summed E-state index contributed by atoms with van der Waals surface area (Å²) in [7, 11) is 1.55. The number of thiophene rings is 1. The van der Waals surface area contributed by atoms with Gasteiger partial charge in [0.1, 0.15) is 15.9 Å². The number of carbonyl (C=O) groups excluding carboxylic acids is 1. The van der Waals surface area contributed by atoms with Crippen molar-refractivity contribution in [1.29, 1.82) is 5.26 Å². The molecular weight excluding hydrogens is 248 g/mol. The summed E-state index contributed by atoms with van der Waals surface area (Å²) < 4.78 is 0. The third-order valence-electron chi connectivity index (χ3n) is 2.57. The number of carbonyl (C=O) groups is 1. The highest BCUT2D eigenvalue weighted by Crippen LogP contribution is 2.35. The number of hydrogen-bond acceptors (Lipinski definition) is 5. The lowest BCUT2D eigenvalue weighted by Gasteiger charge is -2.06. The van der Waals surface area contributed by atoms with Crippen molar-refractivity contribution in [2.75, 3.05) is 24.6 Å². The summed E-state index contributed by atoms with van der Waals surface area (Å²) in [5, 5.41) is 15.3. The summed E-state index contributed by atoms with van der Waals surface area (Å²) in [5.74, 6) is -0.261. The van der Waals surface area contributed by atoms with E-state index in [2.05, 4.69) is 17.6 Å². The standard InChI is InChI=1S/C12H18N4OS/c1-3-4-5-6-16-12-9(11(17)15-2)10(14)8(7-13)18-12/h16H,3-6,14H2,1-2H3,(H,15,17). The van der Waals surface area contributed by atoms with Crippen molar-refractivity contribution in [2.24, 2.45) is 0 Å². The predicted octanol–water partition coefficient (Wildman–Crippen LogP) is 2.16. The molecule has 0 spiro atoms. The van der Waals surface area contributed by atoms with E-state index in [1.165, 1.54) is 11.3 Å². The van der Waals surface area contributed by atoms with Crippen molar-refractivity contribution in [1.82, 2.24) is 5.32 Å². The summed E-state index contributed by atoms with van der Waals surface area (Å²) in [4.78, 5) is 12.1. The van der Waals surface area contributed by atoms with Gasteiger partial charge in [-0.2, -0.15) is 5.26 Å². The van der Waals surface area contributed by atoms with E-state index >= 15 is 0 Å². The lowest BCUT2D eigenvalue weighted by Crippen LogP contribution is -2.20. The number of amides is 1. The molecule has 1 aromatic rings. The van der Waals surface area contributed by atoms with E-state index < -0.39 is 0 Å². The molecule has 18 heavy (non-hydrogen) atoms. The molecule has 1 heterocycles. The van der Waals surface area contributed by atoms with Gasteiger partial charge in [0, 0.05) is 13.6 Å². The second-order valence-electron chi connectivity index (χ2n) is 3.87. The molecule has 6 heteroatoms. The first-order valence-electron chi connectivity index (χ1n) is 5.94. The molecular formula is C12H18N4OS. The molecule has 0 saturated heterocycles. The van der Waals surface area contributed by atoms with Crippen molar-refractivity contribution in [3.8, 4) is 6.07 Å². The first-order valence-corrected chi connectivity index (χ1v) is 6.75. The second kappa shape index (κ2) is 6.87. The second-order valence-corrected chi connectivity index (χ2v) is 4.89. The Labute approximate surface area is 111 Å². The van der Waals surface area contributed by atoms with Crippen LogP contribution in [-0.4, -0.2) is 19.5 Å². The minimum Gasteiger partial charge on any atom is -0.396 e. The maximum atomic E-state index is 11.7. The van der Waals surface area contributed by atoms with Gasteiger partial charge in [-0.3, -0.25) is 4.79 Å². The van der Waals surface area contributed by atoms with Gasteiger partial charge in [-0.15, -0.1) is 11.3 Å². The molecule has 4 N–H and O–H groups in total. The van der Waals surface area contributed by atoms with Crippen LogP contribution in [0.1, 0.15) is 41.4 Å². The van der Waals surface area contributed by atoms with Crippen LogP contribution in [-0.2, 0) is 0 Å². The number of hydrogen-bond donors (Lipinski definition) is 3. The Bertz CT molecular complexity index is 461. The third-order valence-corrected chi connectivity index (χ3v) is 3.63. The molecule has 0 saturated carbocycles. The molecule has 5 nitrogen and oxygen atoms in total. The van der Waals surface area contributed by atoms with E-state index in [9.17, 15) is 4.79 Å². The summed E-state index contributed by atoms with van der Waals surface area (Å²) in [5.41, 5.74) is 6.46. The number of nitrogen functional groups attached to an aromatic ring is 1. The lowest BCUT2D eigenvalue weighted by molar-refractivity contribution is 0.0965. The predicted molar refractivity (Wildman–Crippen MR) is 74.9 cm³/mol. The summed E-state index contributed by atoms with van der Waals surface area (Å²) in [6.07, 6.45) is 3.30. The van der Waals surface area contributed by atoms with E-state index in [0.717, 1.165) is 25.8 Å². The maximum absolute atomic E-state index is 11.7. The summed E-state index contributed by atoms with van der Waals surface area (Å²) in [6.45, 7) is 2.91. The van der Waals surface area contributed by atoms with Gasteiger partial charge in [-0.25, -0.2) is 0 Å². The fourth-order valence-corrected chi connectivity index (χ4v) is 2.52. The average molecular weight is 266 g/mol. The number of nitrogens with one attached hydrogen (secondary N) is 2. The fraction of sp³-hybridized carbons (Fsp3) is 0.500. The quantitative estimate of drug-likeness (QED) is 0.688. The van der Waals surface area contributed by atoms with Crippen LogP contribution in [0.3, 0.4) is 0 Å².